The number of unbranched alkanes of at least 4 members (excludes halogenated alkanes) is 6. The van der Waals surface area contributed by atoms with Gasteiger partial charge in [-0.2, -0.15) is 0 Å². The lowest BCUT2D eigenvalue weighted by atomic mass is 9.78. The minimum Gasteiger partial charge on any atom is -0.507 e. The predicted octanol–water partition coefficient (Wildman–Crippen LogP) is 14.6. The summed E-state index contributed by atoms with van der Waals surface area (Å²) >= 11 is 0. The van der Waals surface area contributed by atoms with E-state index in [0.717, 1.165) is 73.6 Å². The Morgan fingerprint density at radius 2 is 0.693 bits per heavy atom. The van der Waals surface area contributed by atoms with E-state index in [1.54, 1.807) is 97.9 Å². The van der Waals surface area contributed by atoms with Crippen LogP contribution in [0, 0.1) is 6.92 Å². The van der Waals surface area contributed by atoms with E-state index >= 15 is 0 Å². The third kappa shape index (κ3) is 17.4. The quantitative estimate of drug-likeness (QED) is 0.0384. The number of phenolic OH excluding ortho intramolecular Hbond substituents is 2. The molecule has 0 amide bonds. The summed E-state index contributed by atoms with van der Waals surface area (Å²) in [6, 6.07) is 25.2. The van der Waals surface area contributed by atoms with Crippen LogP contribution >= 0.6 is 0 Å². The number of hydrogen-bond donors (Lipinski definition) is 2. The van der Waals surface area contributed by atoms with Crippen LogP contribution in [0.4, 0.5) is 0 Å². The van der Waals surface area contributed by atoms with Gasteiger partial charge in [0, 0.05) is 22.3 Å². The largest absolute Gasteiger partial charge is 0.507 e. The zero-order valence-corrected chi connectivity index (χ0v) is 46.6. The van der Waals surface area contributed by atoms with Gasteiger partial charge in [-0.15, -0.1) is 0 Å². The Hall–Kier alpha value is -6.82. The first kappa shape index (κ1) is 59.1. The van der Waals surface area contributed by atoms with Crippen LogP contribution in [0.3, 0.4) is 0 Å². The van der Waals surface area contributed by atoms with Crippen LogP contribution in [0.25, 0.3) is 0 Å². The number of aromatic hydroxyl groups is 2. The zero-order valence-electron chi connectivity index (χ0n) is 46.6. The van der Waals surface area contributed by atoms with Crippen LogP contribution in [-0.4, -0.2) is 60.5 Å². The lowest BCUT2D eigenvalue weighted by molar-refractivity contribution is 0.0487. The predicted molar refractivity (Wildman–Crippen MR) is 293 cm³/mol. The number of esters is 4. The molecule has 0 aromatic heterocycles. The highest BCUT2D eigenvalue weighted by Gasteiger charge is 2.30. The Morgan fingerprint density at radius 1 is 0.373 bits per heavy atom. The second kappa shape index (κ2) is 25.6. The van der Waals surface area contributed by atoms with Gasteiger partial charge in [0.25, 0.3) is 0 Å². The third-order valence-electron chi connectivity index (χ3n) is 12.7. The van der Waals surface area contributed by atoms with Gasteiger partial charge in [-0.1, -0.05) is 83.1 Å². The molecule has 0 unspecified atom stereocenters. The molecule has 0 aliphatic rings. The van der Waals surface area contributed by atoms with Crippen molar-refractivity contribution in [2.45, 2.75) is 163 Å². The summed E-state index contributed by atoms with van der Waals surface area (Å²) in [5.74, 6) is 0.476. The summed E-state index contributed by atoms with van der Waals surface area (Å²) < 4.78 is 34.3. The second-order valence-corrected chi connectivity index (χ2v) is 23.4. The number of hydrogen-bond acceptors (Lipinski definition) is 12. The molecule has 12 nitrogen and oxygen atoms in total. The molecule has 2 N–H and O–H groups in total. The van der Waals surface area contributed by atoms with E-state index in [-0.39, 0.29) is 33.2 Å². The van der Waals surface area contributed by atoms with Crippen LogP contribution in [-0.2, 0) is 31.1 Å². The van der Waals surface area contributed by atoms with Crippen molar-refractivity contribution < 1.29 is 57.8 Å². The summed E-state index contributed by atoms with van der Waals surface area (Å²) in [5.41, 5.74) is 3.72. The Morgan fingerprint density at radius 3 is 1.03 bits per heavy atom. The van der Waals surface area contributed by atoms with E-state index in [4.69, 9.17) is 28.4 Å². The third-order valence-corrected chi connectivity index (χ3v) is 12.7. The monoisotopic (exact) mass is 1030 g/mol. The molecule has 0 fully saturated rings. The average molecular weight is 1030 g/mol. The van der Waals surface area contributed by atoms with E-state index in [1.807, 2.05) is 83.1 Å². The van der Waals surface area contributed by atoms with Crippen molar-refractivity contribution in [2.24, 2.45) is 0 Å². The normalized spacial score (nSPS) is 12.0. The van der Waals surface area contributed by atoms with Crippen LogP contribution in [0.5, 0.6) is 34.5 Å². The van der Waals surface area contributed by atoms with Gasteiger partial charge in [0.1, 0.15) is 34.5 Å². The number of phenols is 2. The number of rotatable bonds is 22. The van der Waals surface area contributed by atoms with Gasteiger partial charge in [0.15, 0.2) is 0 Å². The van der Waals surface area contributed by atoms with Crippen molar-refractivity contribution in [3.8, 4) is 34.5 Å². The summed E-state index contributed by atoms with van der Waals surface area (Å²) in [6.07, 6.45) is 6.56. The standard InChI is InChI=1S/C63H80O12/c1-41-36-48(74-58(68)42-22-26-46(27-23-42)70-32-18-14-16-20-34-72-56(66)44-37-49(60(2,3)4)54(64)50(38-44)61(5,6)7)30-31-53(41)75-59(69)43-24-28-47(29-25-43)71-33-19-15-17-21-35-73-57(67)45-39-51(62(8,9)10)55(65)52(40-45)63(11,12)13/h22-31,36-40,64-65H,14-21,32-35H2,1-13H3. The molecule has 0 saturated carbocycles. The number of ether oxygens (including phenoxy) is 6. The van der Waals surface area contributed by atoms with Crippen molar-refractivity contribution in [2.75, 3.05) is 26.4 Å². The molecule has 0 aliphatic heterocycles. The molecule has 0 bridgehead atoms. The highest BCUT2D eigenvalue weighted by Crippen LogP contribution is 2.41. The molecule has 0 saturated heterocycles. The zero-order chi connectivity index (χ0) is 55.3. The van der Waals surface area contributed by atoms with E-state index in [2.05, 4.69) is 0 Å². The number of aryl methyl sites for hydroxylation is 1. The van der Waals surface area contributed by atoms with Gasteiger partial charge in [0.05, 0.1) is 48.7 Å². The molecule has 0 aliphatic carbocycles. The van der Waals surface area contributed by atoms with Crippen molar-refractivity contribution in [3.63, 3.8) is 0 Å². The summed E-state index contributed by atoms with van der Waals surface area (Å²) in [6.45, 7) is 27.5. The van der Waals surface area contributed by atoms with E-state index in [1.165, 1.54) is 0 Å². The molecule has 75 heavy (non-hydrogen) atoms. The first-order chi connectivity index (χ1) is 35.1. The van der Waals surface area contributed by atoms with Crippen molar-refractivity contribution in [1.82, 2.24) is 0 Å². The van der Waals surface area contributed by atoms with Crippen molar-refractivity contribution >= 4 is 23.9 Å². The first-order valence-corrected chi connectivity index (χ1v) is 26.2. The fourth-order valence-electron chi connectivity index (χ4n) is 8.28. The minimum atomic E-state index is -0.543. The maximum absolute atomic E-state index is 13.0. The molecule has 0 radical (unpaired) electrons. The average Bonchev–Trinajstić information content (AvgIpc) is 3.32. The first-order valence-electron chi connectivity index (χ1n) is 26.2. The van der Waals surface area contributed by atoms with Gasteiger partial charge in [-0.25, -0.2) is 19.2 Å². The Kier molecular flexibility index (Phi) is 20.2. The highest BCUT2D eigenvalue weighted by molar-refractivity contribution is 5.93. The highest BCUT2D eigenvalue weighted by atomic mass is 16.5. The maximum Gasteiger partial charge on any atom is 0.343 e. The molecular weight excluding hydrogens is 949 g/mol. The van der Waals surface area contributed by atoms with Crippen molar-refractivity contribution in [3.05, 3.63) is 141 Å². The van der Waals surface area contributed by atoms with Crippen LogP contribution < -0.4 is 18.9 Å². The lowest BCUT2D eigenvalue weighted by Gasteiger charge is -2.28. The van der Waals surface area contributed by atoms with E-state index in [0.29, 0.717) is 77.2 Å². The van der Waals surface area contributed by atoms with Gasteiger partial charge in [0.2, 0.25) is 0 Å². The van der Waals surface area contributed by atoms with Gasteiger partial charge < -0.3 is 38.6 Å². The molecule has 5 aromatic carbocycles. The lowest BCUT2D eigenvalue weighted by Crippen LogP contribution is -2.19. The SMILES string of the molecule is Cc1cc(OC(=O)c2ccc(OCCCCCCOC(=O)c3cc(C(C)(C)C)c(O)c(C(C)(C)C)c3)cc2)ccc1OC(=O)c1ccc(OCCCCCCOC(=O)c2cc(C(C)(C)C)c(O)c(C(C)(C)C)c2)cc1. The molecule has 404 valence electrons. The minimum absolute atomic E-state index is 0.229. The van der Waals surface area contributed by atoms with Gasteiger partial charge in [-0.05, 0) is 177 Å². The van der Waals surface area contributed by atoms with Crippen LogP contribution in [0.1, 0.15) is 204 Å². The second-order valence-electron chi connectivity index (χ2n) is 23.4. The Bertz CT molecular complexity index is 2670. The van der Waals surface area contributed by atoms with E-state index in [9.17, 15) is 29.4 Å². The Labute approximate surface area is 445 Å². The maximum atomic E-state index is 13.0. The van der Waals surface area contributed by atoms with Crippen molar-refractivity contribution in [1.29, 1.82) is 0 Å². The molecule has 5 aromatic rings. The fraction of sp³-hybridized carbons (Fsp3) is 0.460. The fourth-order valence-corrected chi connectivity index (χ4v) is 8.28. The van der Waals surface area contributed by atoms with E-state index < -0.39 is 23.9 Å². The van der Waals surface area contributed by atoms with Gasteiger partial charge in [-0.3, -0.25) is 0 Å². The smallest absolute Gasteiger partial charge is 0.343 e. The van der Waals surface area contributed by atoms with Crippen LogP contribution in [0.15, 0.2) is 91.0 Å². The molecule has 0 heterocycles. The summed E-state index contributed by atoms with van der Waals surface area (Å²) in [7, 11) is 0. The number of carbonyl (C=O) groups excluding carboxylic acids is 4. The molecule has 0 spiro atoms. The Balaban J connectivity index is 0.952. The molecular formula is C63H80O12. The molecule has 0 atom stereocenters. The molecule has 5 rings (SSSR count). The number of carbonyl (C=O) groups is 4. The number of benzene rings is 5. The molecule has 12 heteroatoms. The summed E-state index contributed by atoms with van der Waals surface area (Å²) in [4.78, 5) is 52.0. The summed E-state index contributed by atoms with van der Waals surface area (Å²) in [5, 5.41) is 21.9. The van der Waals surface area contributed by atoms with Gasteiger partial charge >= 0.3 is 23.9 Å². The topological polar surface area (TPSA) is 164 Å². The van der Waals surface area contributed by atoms with Crippen LogP contribution in [0.2, 0.25) is 0 Å².